The lowest BCUT2D eigenvalue weighted by Gasteiger charge is -2.25. The van der Waals surface area contributed by atoms with Gasteiger partial charge in [-0.25, -0.2) is 4.98 Å². The molecule has 3 heterocycles. The number of nitrogens with one attached hydrogen (secondary N) is 1. The molecule has 0 saturated heterocycles. The smallest absolute Gasteiger partial charge is 0.356 e. The third kappa shape index (κ3) is 1.88. The average Bonchev–Trinajstić information content (AvgIpc) is 2.96. The molecule has 1 N–H and O–H groups in total. The maximum absolute atomic E-state index is 12.6. The van der Waals surface area contributed by atoms with E-state index in [1.807, 2.05) is 17.5 Å². The molecule has 3 nitrogen and oxygen atoms in total. The maximum Gasteiger partial charge on any atom is 0.434 e. The maximum atomic E-state index is 12.6. The van der Waals surface area contributed by atoms with E-state index < -0.39 is 11.9 Å². The minimum absolute atomic E-state index is 0.0511. The number of imidazole rings is 1. The van der Waals surface area contributed by atoms with E-state index in [0.717, 1.165) is 17.5 Å². The second-order valence-electron chi connectivity index (χ2n) is 4.10. The summed E-state index contributed by atoms with van der Waals surface area (Å²) in [5.74, 6) is 0.298. The fourth-order valence-corrected chi connectivity index (χ4v) is 2.98. The first-order valence-corrected chi connectivity index (χ1v) is 6.37. The molecule has 0 radical (unpaired) electrons. The molecule has 1 aliphatic heterocycles. The van der Waals surface area contributed by atoms with Crippen molar-refractivity contribution >= 4 is 17.3 Å². The molecule has 18 heavy (non-hydrogen) atoms. The minimum Gasteiger partial charge on any atom is -0.356 e. The van der Waals surface area contributed by atoms with Crippen LogP contribution in [0.2, 0.25) is 0 Å². The summed E-state index contributed by atoms with van der Waals surface area (Å²) in [7, 11) is 0. The molecule has 1 unspecified atom stereocenters. The van der Waals surface area contributed by atoms with Gasteiger partial charge in [0.1, 0.15) is 0 Å². The first kappa shape index (κ1) is 11.6. The number of thiophene rings is 1. The van der Waals surface area contributed by atoms with Gasteiger partial charge in [0.2, 0.25) is 5.95 Å². The van der Waals surface area contributed by atoms with E-state index in [9.17, 15) is 13.2 Å². The standard InChI is InChI=1S/C11H10F3N3S/c12-11(13,14)9-6-17-7(8-2-1-5-18-8)3-4-15-10(17)16-9/h1-2,5-7H,3-4H2,(H,15,16). The molecule has 0 amide bonds. The second kappa shape index (κ2) is 4.01. The minimum atomic E-state index is -4.40. The molecule has 0 bridgehead atoms. The molecule has 0 aliphatic carbocycles. The van der Waals surface area contributed by atoms with Gasteiger partial charge in [-0.2, -0.15) is 13.2 Å². The molecule has 0 aromatic carbocycles. The fraction of sp³-hybridized carbons (Fsp3) is 0.364. The Balaban J connectivity index is 2.03. The summed E-state index contributed by atoms with van der Waals surface area (Å²) in [5.41, 5.74) is -0.839. The molecular formula is C11H10F3N3S. The normalized spacial score (nSPS) is 19.4. The van der Waals surface area contributed by atoms with Gasteiger partial charge in [0.25, 0.3) is 0 Å². The predicted octanol–water partition coefficient (Wildman–Crippen LogP) is 3.37. The lowest BCUT2D eigenvalue weighted by Crippen LogP contribution is -2.22. The van der Waals surface area contributed by atoms with Crippen LogP contribution >= 0.6 is 11.3 Å². The van der Waals surface area contributed by atoms with E-state index in [-0.39, 0.29) is 6.04 Å². The van der Waals surface area contributed by atoms with E-state index in [1.165, 1.54) is 0 Å². The Morgan fingerprint density at radius 2 is 2.28 bits per heavy atom. The van der Waals surface area contributed by atoms with Crippen LogP contribution in [0, 0.1) is 0 Å². The summed E-state index contributed by atoms with van der Waals surface area (Å²) in [6.07, 6.45) is -2.54. The number of rotatable bonds is 1. The fourth-order valence-electron chi connectivity index (χ4n) is 2.12. The van der Waals surface area contributed by atoms with Crippen LogP contribution < -0.4 is 5.32 Å². The Bertz CT molecular complexity index is 544. The number of alkyl halides is 3. The molecule has 96 valence electrons. The highest BCUT2D eigenvalue weighted by Gasteiger charge is 2.36. The van der Waals surface area contributed by atoms with Gasteiger partial charge in [-0.3, -0.25) is 0 Å². The molecule has 0 saturated carbocycles. The highest BCUT2D eigenvalue weighted by molar-refractivity contribution is 7.10. The SMILES string of the molecule is FC(F)(F)c1cn2c(n1)NCCC2c1cccs1. The van der Waals surface area contributed by atoms with E-state index in [0.29, 0.717) is 12.5 Å². The Morgan fingerprint density at radius 1 is 1.44 bits per heavy atom. The van der Waals surface area contributed by atoms with E-state index in [1.54, 1.807) is 15.9 Å². The van der Waals surface area contributed by atoms with E-state index >= 15 is 0 Å². The summed E-state index contributed by atoms with van der Waals surface area (Å²) >= 11 is 1.55. The van der Waals surface area contributed by atoms with Crippen LogP contribution in [-0.2, 0) is 6.18 Å². The van der Waals surface area contributed by atoms with Gasteiger partial charge in [0.15, 0.2) is 5.69 Å². The molecule has 3 rings (SSSR count). The summed E-state index contributed by atoms with van der Waals surface area (Å²) in [6.45, 7) is 0.636. The molecule has 2 aromatic rings. The average molecular weight is 273 g/mol. The quantitative estimate of drug-likeness (QED) is 0.863. The Kier molecular flexibility index (Phi) is 2.58. The van der Waals surface area contributed by atoms with E-state index in [2.05, 4.69) is 10.3 Å². The van der Waals surface area contributed by atoms with Gasteiger partial charge in [-0.05, 0) is 17.9 Å². The molecule has 7 heteroatoms. The van der Waals surface area contributed by atoms with Gasteiger partial charge in [0, 0.05) is 17.6 Å². The van der Waals surface area contributed by atoms with Crippen molar-refractivity contribution in [2.24, 2.45) is 0 Å². The van der Waals surface area contributed by atoms with Crippen molar-refractivity contribution in [2.45, 2.75) is 18.6 Å². The molecule has 1 atom stereocenters. The van der Waals surface area contributed by atoms with Gasteiger partial charge in [-0.1, -0.05) is 6.07 Å². The first-order chi connectivity index (χ1) is 8.55. The molecule has 1 aliphatic rings. The third-order valence-corrected chi connectivity index (χ3v) is 3.90. The monoisotopic (exact) mass is 273 g/mol. The molecule has 0 fully saturated rings. The van der Waals surface area contributed by atoms with Crippen LogP contribution in [0.4, 0.5) is 19.1 Å². The van der Waals surface area contributed by atoms with Crippen molar-refractivity contribution < 1.29 is 13.2 Å². The molecule has 2 aromatic heterocycles. The predicted molar refractivity (Wildman–Crippen MR) is 62.8 cm³/mol. The zero-order valence-electron chi connectivity index (χ0n) is 9.24. The summed E-state index contributed by atoms with van der Waals surface area (Å²) in [4.78, 5) is 4.67. The van der Waals surface area contributed by atoms with Gasteiger partial charge < -0.3 is 9.88 Å². The lowest BCUT2D eigenvalue weighted by atomic mass is 10.1. The van der Waals surface area contributed by atoms with Crippen LogP contribution in [0.5, 0.6) is 0 Å². The number of anilines is 1. The summed E-state index contributed by atoms with van der Waals surface area (Å²) in [6, 6.07) is 3.80. The topological polar surface area (TPSA) is 29.9 Å². The Hall–Kier alpha value is -1.50. The Labute approximate surface area is 105 Å². The summed E-state index contributed by atoms with van der Waals surface area (Å²) in [5, 5.41) is 4.83. The zero-order chi connectivity index (χ0) is 12.8. The highest BCUT2D eigenvalue weighted by Crippen LogP contribution is 2.36. The third-order valence-electron chi connectivity index (χ3n) is 2.93. The summed E-state index contributed by atoms with van der Waals surface area (Å²) < 4.78 is 39.5. The van der Waals surface area contributed by atoms with Gasteiger partial charge >= 0.3 is 6.18 Å². The van der Waals surface area contributed by atoms with E-state index in [4.69, 9.17) is 0 Å². The highest BCUT2D eigenvalue weighted by atomic mass is 32.1. The van der Waals surface area contributed by atoms with Gasteiger partial charge in [0.05, 0.1) is 6.04 Å². The Morgan fingerprint density at radius 3 is 2.94 bits per heavy atom. The van der Waals surface area contributed by atoms with Crippen molar-refractivity contribution in [3.8, 4) is 0 Å². The van der Waals surface area contributed by atoms with Crippen molar-refractivity contribution in [2.75, 3.05) is 11.9 Å². The zero-order valence-corrected chi connectivity index (χ0v) is 10.1. The van der Waals surface area contributed by atoms with Crippen LogP contribution in [0.1, 0.15) is 23.0 Å². The van der Waals surface area contributed by atoms with Crippen molar-refractivity contribution in [1.29, 1.82) is 0 Å². The molecule has 0 spiro atoms. The van der Waals surface area contributed by atoms with Crippen molar-refractivity contribution in [1.82, 2.24) is 9.55 Å². The first-order valence-electron chi connectivity index (χ1n) is 5.49. The lowest BCUT2D eigenvalue weighted by molar-refractivity contribution is -0.140. The number of aromatic nitrogens is 2. The number of nitrogens with zero attached hydrogens (tertiary/aromatic N) is 2. The van der Waals surface area contributed by atoms with Gasteiger partial charge in [-0.15, -0.1) is 11.3 Å². The van der Waals surface area contributed by atoms with Crippen LogP contribution in [0.15, 0.2) is 23.7 Å². The van der Waals surface area contributed by atoms with Crippen LogP contribution in [0.25, 0.3) is 0 Å². The largest absolute Gasteiger partial charge is 0.434 e. The molecular weight excluding hydrogens is 263 g/mol. The van der Waals surface area contributed by atoms with Crippen LogP contribution in [0.3, 0.4) is 0 Å². The number of hydrogen-bond donors (Lipinski definition) is 1. The number of halogens is 3. The van der Waals surface area contributed by atoms with Crippen LogP contribution in [-0.4, -0.2) is 16.1 Å². The number of hydrogen-bond acceptors (Lipinski definition) is 3. The van der Waals surface area contributed by atoms with Crippen molar-refractivity contribution in [3.63, 3.8) is 0 Å². The number of fused-ring (bicyclic) bond motifs is 1. The second-order valence-corrected chi connectivity index (χ2v) is 5.08. The van der Waals surface area contributed by atoms with Crippen molar-refractivity contribution in [3.05, 3.63) is 34.3 Å².